The molecule has 0 saturated carbocycles. The maximum absolute atomic E-state index is 13.0. The van der Waals surface area contributed by atoms with Crippen LogP contribution in [0.15, 0.2) is 63.7 Å². The summed E-state index contributed by atoms with van der Waals surface area (Å²) in [6.45, 7) is 13.0. The highest BCUT2D eigenvalue weighted by atomic mass is 32.2. The summed E-state index contributed by atoms with van der Waals surface area (Å²) in [5.74, 6) is 0.240. The minimum absolute atomic E-state index is 0.240. The first-order chi connectivity index (χ1) is 11.6. The number of rotatable bonds is 2. The van der Waals surface area contributed by atoms with Crippen LogP contribution >= 0.6 is 0 Å². The van der Waals surface area contributed by atoms with Gasteiger partial charge in [0, 0.05) is 12.7 Å². The molecule has 0 aromatic heterocycles. The normalized spacial score (nSPS) is 20.1. The third kappa shape index (κ3) is 4.43. The average Bonchev–Trinajstić information content (AvgIpc) is 2.50. The van der Waals surface area contributed by atoms with Crippen molar-refractivity contribution in [3.8, 4) is 0 Å². The van der Waals surface area contributed by atoms with Crippen molar-refractivity contribution in [2.24, 2.45) is 5.92 Å². The van der Waals surface area contributed by atoms with Gasteiger partial charge in [0.15, 0.2) is 0 Å². The zero-order valence-corrected chi connectivity index (χ0v) is 16.9. The van der Waals surface area contributed by atoms with Gasteiger partial charge >= 0.3 is 0 Å². The fourth-order valence-corrected chi connectivity index (χ4v) is 4.54. The fraction of sp³-hybridized carbons (Fsp3) is 0.429. The molecule has 136 valence electrons. The first-order valence-corrected chi connectivity index (χ1v) is 10.2. The Balaban J connectivity index is 2.50. The molecule has 1 aromatic rings. The van der Waals surface area contributed by atoms with Crippen LogP contribution in [0, 0.1) is 12.8 Å². The van der Waals surface area contributed by atoms with Crippen molar-refractivity contribution in [3.63, 3.8) is 0 Å². The second-order valence-corrected chi connectivity index (χ2v) is 9.30. The predicted molar refractivity (Wildman–Crippen MR) is 105 cm³/mol. The van der Waals surface area contributed by atoms with Gasteiger partial charge in [0.2, 0.25) is 0 Å². The highest BCUT2D eigenvalue weighted by Gasteiger charge is 2.25. The number of aryl methyl sites for hydroxylation is 1. The lowest BCUT2D eigenvalue weighted by molar-refractivity contribution is 0.419. The second kappa shape index (κ2) is 7.61. The zero-order chi connectivity index (χ0) is 18.8. The Morgan fingerprint density at radius 1 is 1.04 bits per heavy atom. The van der Waals surface area contributed by atoms with E-state index in [1.54, 1.807) is 18.3 Å². The lowest BCUT2D eigenvalue weighted by Gasteiger charge is -2.28. The van der Waals surface area contributed by atoms with Crippen LogP contribution < -0.4 is 0 Å². The van der Waals surface area contributed by atoms with E-state index in [1.807, 2.05) is 25.1 Å². The molecule has 1 atom stereocenters. The number of benzene rings is 1. The Morgan fingerprint density at radius 2 is 1.64 bits per heavy atom. The summed E-state index contributed by atoms with van der Waals surface area (Å²) in [6.07, 6.45) is 4.57. The van der Waals surface area contributed by atoms with Gasteiger partial charge in [-0.1, -0.05) is 35.8 Å². The Morgan fingerprint density at radius 3 is 2.16 bits per heavy atom. The Labute approximate surface area is 152 Å². The topological polar surface area (TPSA) is 37.4 Å². The van der Waals surface area contributed by atoms with E-state index < -0.39 is 10.0 Å². The summed E-state index contributed by atoms with van der Waals surface area (Å²) in [5.41, 5.74) is 6.03. The highest BCUT2D eigenvalue weighted by molar-refractivity contribution is 7.89. The Bertz CT molecular complexity index is 819. The van der Waals surface area contributed by atoms with E-state index in [1.165, 1.54) is 21.0 Å². The minimum Gasteiger partial charge on any atom is -0.273 e. The van der Waals surface area contributed by atoms with Crippen LogP contribution in [0.2, 0.25) is 0 Å². The SMILES string of the molecule is CC(C)=C1/C=C\N(S(=O)(=O)c2ccc(C)cc2)CC(C)CC1=C(C)C. The molecule has 0 amide bonds. The van der Waals surface area contributed by atoms with Crippen LogP contribution in [0.1, 0.15) is 46.6 Å². The summed E-state index contributed by atoms with van der Waals surface area (Å²) < 4.78 is 27.6. The highest BCUT2D eigenvalue weighted by Crippen LogP contribution is 2.31. The average molecular weight is 360 g/mol. The van der Waals surface area contributed by atoms with Gasteiger partial charge in [-0.25, -0.2) is 8.42 Å². The van der Waals surface area contributed by atoms with Gasteiger partial charge in [-0.05, 0) is 76.3 Å². The minimum atomic E-state index is -3.53. The molecule has 25 heavy (non-hydrogen) atoms. The molecule has 0 saturated heterocycles. The van der Waals surface area contributed by atoms with Gasteiger partial charge in [-0.3, -0.25) is 4.31 Å². The van der Waals surface area contributed by atoms with Crippen molar-refractivity contribution >= 4 is 10.0 Å². The van der Waals surface area contributed by atoms with E-state index >= 15 is 0 Å². The third-order valence-corrected chi connectivity index (χ3v) is 6.30. The van der Waals surface area contributed by atoms with E-state index in [0.29, 0.717) is 11.4 Å². The molecule has 0 bridgehead atoms. The molecule has 0 radical (unpaired) electrons. The summed E-state index contributed by atoms with van der Waals surface area (Å²) in [7, 11) is -3.53. The summed E-state index contributed by atoms with van der Waals surface area (Å²) >= 11 is 0. The number of nitrogens with zero attached hydrogens (tertiary/aromatic N) is 1. The lowest BCUT2D eigenvalue weighted by Crippen LogP contribution is -2.31. The maximum Gasteiger partial charge on any atom is 0.263 e. The van der Waals surface area contributed by atoms with E-state index in [2.05, 4.69) is 34.6 Å². The molecule has 1 heterocycles. The molecular weight excluding hydrogens is 330 g/mol. The summed E-state index contributed by atoms with van der Waals surface area (Å²) in [6, 6.07) is 7.05. The molecule has 1 unspecified atom stereocenters. The van der Waals surface area contributed by atoms with E-state index in [9.17, 15) is 8.42 Å². The quantitative estimate of drug-likeness (QED) is 0.727. The van der Waals surface area contributed by atoms with Crippen molar-refractivity contribution in [2.45, 2.75) is 52.9 Å². The standard InChI is InChI=1S/C21H29NO2S/c1-15(2)20-11-12-22(14-18(6)13-21(20)16(3)4)25(23,24)19-9-7-17(5)8-10-19/h7-12,18H,13-14H2,1-6H3/b12-11-. The first kappa shape index (κ1) is 19.5. The molecule has 0 aliphatic carbocycles. The summed E-state index contributed by atoms with van der Waals surface area (Å²) in [5, 5.41) is 0. The molecule has 0 spiro atoms. The van der Waals surface area contributed by atoms with Crippen molar-refractivity contribution in [1.29, 1.82) is 0 Å². The molecular formula is C21H29NO2S. The van der Waals surface area contributed by atoms with Crippen LogP contribution in [-0.4, -0.2) is 19.3 Å². The van der Waals surface area contributed by atoms with Crippen molar-refractivity contribution in [2.75, 3.05) is 6.54 Å². The van der Waals surface area contributed by atoms with E-state index in [4.69, 9.17) is 0 Å². The molecule has 0 N–H and O–H groups in total. The van der Waals surface area contributed by atoms with E-state index in [-0.39, 0.29) is 5.92 Å². The van der Waals surface area contributed by atoms with Gasteiger partial charge < -0.3 is 0 Å². The molecule has 4 heteroatoms. The van der Waals surface area contributed by atoms with Crippen molar-refractivity contribution < 1.29 is 8.42 Å². The number of hydrogen-bond acceptors (Lipinski definition) is 2. The third-order valence-electron chi connectivity index (χ3n) is 4.55. The molecule has 0 fully saturated rings. The monoisotopic (exact) mass is 359 g/mol. The van der Waals surface area contributed by atoms with Gasteiger partial charge in [0.05, 0.1) is 4.90 Å². The molecule has 3 nitrogen and oxygen atoms in total. The molecule has 1 aromatic carbocycles. The number of sulfonamides is 1. The van der Waals surface area contributed by atoms with Gasteiger partial charge in [-0.2, -0.15) is 0 Å². The largest absolute Gasteiger partial charge is 0.273 e. The van der Waals surface area contributed by atoms with Crippen LogP contribution in [0.5, 0.6) is 0 Å². The predicted octanol–water partition coefficient (Wildman–Crippen LogP) is 5.21. The smallest absolute Gasteiger partial charge is 0.263 e. The molecule has 1 aliphatic rings. The second-order valence-electron chi connectivity index (χ2n) is 7.41. The Hall–Kier alpha value is -1.81. The lowest BCUT2D eigenvalue weighted by atomic mass is 9.89. The molecule has 2 rings (SSSR count). The molecule has 1 aliphatic heterocycles. The fourth-order valence-electron chi connectivity index (χ4n) is 3.12. The van der Waals surface area contributed by atoms with Crippen molar-refractivity contribution in [1.82, 2.24) is 4.31 Å². The van der Waals surface area contributed by atoms with Gasteiger partial charge in [-0.15, -0.1) is 0 Å². The number of allylic oxidation sites excluding steroid dienone is 5. The van der Waals surface area contributed by atoms with Gasteiger partial charge in [0.25, 0.3) is 10.0 Å². The summed E-state index contributed by atoms with van der Waals surface area (Å²) in [4.78, 5) is 0.344. The van der Waals surface area contributed by atoms with Crippen molar-refractivity contribution in [3.05, 3.63) is 64.4 Å². The van der Waals surface area contributed by atoms with E-state index in [0.717, 1.165) is 17.6 Å². The van der Waals surface area contributed by atoms with Crippen LogP contribution in [-0.2, 0) is 10.0 Å². The van der Waals surface area contributed by atoms with Crippen LogP contribution in [0.25, 0.3) is 0 Å². The van der Waals surface area contributed by atoms with Gasteiger partial charge in [0.1, 0.15) is 0 Å². The first-order valence-electron chi connectivity index (χ1n) is 8.74. The van der Waals surface area contributed by atoms with Crippen LogP contribution in [0.4, 0.5) is 0 Å². The maximum atomic E-state index is 13.0. The number of hydrogen-bond donors (Lipinski definition) is 0. The zero-order valence-electron chi connectivity index (χ0n) is 16.1. The van der Waals surface area contributed by atoms with Crippen LogP contribution in [0.3, 0.4) is 0 Å². The Kier molecular flexibility index (Phi) is 5.94.